The number of nitrogens with one attached hydrogen (secondary N) is 1. The van der Waals surface area contributed by atoms with Gasteiger partial charge in [0.05, 0.1) is 7.11 Å². The molecule has 1 atom stereocenters. The molecule has 1 N–H and O–H groups in total. The smallest absolute Gasteiger partial charge is 0.323 e. The van der Waals surface area contributed by atoms with E-state index < -0.39 is 0 Å². The van der Waals surface area contributed by atoms with E-state index in [0.717, 1.165) is 5.69 Å². The van der Waals surface area contributed by atoms with Gasteiger partial charge in [0.1, 0.15) is 6.04 Å². The summed E-state index contributed by atoms with van der Waals surface area (Å²) in [5.41, 5.74) is 0.712. The number of esters is 1. The van der Waals surface area contributed by atoms with Crippen molar-refractivity contribution in [3.05, 3.63) is 20.7 Å². The van der Waals surface area contributed by atoms with Crippen LogP contribution in [0.2, 0.25) is 0 Å². The zero-order chi connectivity index (χ0) is 14.6. The molecular weight excluding hydrogens is 264 g/mol. The summed E-state index contributed by atoms with van der Waals surface area (Å²) in [7, 11) is 1.39. The lowest BCUT2D eigenvalue weighted by Gasteiger charge is -2.29. The zero-order valence-corrected chi connectivity index (χ0v) is 13.0. The van der Waals surface area contributed by atoms with Gasteiger partial charge in [-0.15, -0.1) is 0 Å². The van der Waals surface area contributed by atoms with Gasteiger partial charge in [0.15, 0.2) is 0 Å². The average molecular weight is 286 g/mol. The Morgan fingerprint density at radius 3 is 2.58 bits per heavy atom. The molecule has 1 aromatic heterocycles. The van der Waals surface area contributed by atoms with Gasteiger partial charge in [-0.05, 0) is 12.3 Å². The molecule has 0 amide bonds. The molecule has 0 radical (unpaired) electrons. The van der Waals surface area contributed by atoms with E-state index >= 15 is 0 Å². The van der Waals surface area contributed by atoms with E-state index in [-0.39, 0.29) is 22.3 Å². The van der Waals surface area contributed by atoms with Crippen LogP contribution in [-0.2, 0) is 16.1 Å². The molecule has 0 saturated heterocycles. The number of aryl methyl sites for hydroxylation is 1. The van der Waals surface area contributed by atoms with E-state index in [1.165, 1.54) is 18.4 Å². The molecule has 1 unspecified atom stereocenters. The molecule has 0 aliphatic carbocycles. The van der Waals surface area contributed by atoms with E-state index in [4.69, 9.17) is 4.74 Å². The minimum Gasteiger partial charge on any atom is -0.468 e. The Morgan fingerprint density at radius 2 is 2.16 bits per heavy atom. The van der Waals surface area contributed by atoms with Crippen molar-refractivity contribution < 1.29 is 9.53 Å². The number of hydrogen-bond acceptors (Lipinski definition) is 5. The highest BCUT2D eigenvalue weighted by molar-refractivity contribution is 7.07. The summed E-state index contributed by atoms with van der Waals surface area (Å²) in [6.45, 7) is 8.93. The van der Waals surface area contributed by atoms with Gasteiger partial charge in [-0.2, -0.15) is 0 Å². The summed E-state index contributed by atoms with van der Waals surface area (Å²) in [5.74, 6) is -0.276. The molecule has 0 spiro atoms. The fourth-order valence-corrected chi connectivity index (χ4v) is 2.62. The van der Waals surface area contributed by atoms with Crippen LogP contribution in [0.4, 0.5) is 0 Å². The van der Waals surface area contributed by atoms with Crippen LogP contribution in [0.15, 0.2) is 10.2 Å². The van der Waals surface area contributed by atoms with Crippen LogP contribution < -0.4 is 10.2 Å². The molecule has 1 aromatic rings. The van der Waals surface area contributed by atoms with E-state index in [1.54, 1.807) is 4.57 Å². The SMILES string of the molecule is COC(=O)C(NCCn1c(C)csc1=O)C(C)(C)C. The first-order valence-corrected chi connectivity index (χ1v) is 7.11. The molecule has 1 heterocycles. The first-order chi connectivity index (χ1) is 8.77. The minimum atomic E-state index is -0.382. The van der Waals surface area contributed by atoms with Crippen molar-refractivity contribution in [3.8, 4) is 0 Å². The number of rotatable bonds is 5. The number of methoxy groups -OCH3 is 1. The summed E-state index contributed by atoms with van der Waals surface area (Å²) < 4.78 is 6.51. The van der Waals surface area contributed by atoms with Gasteiger partial charge in [-0.3, -0.25) is 9.59 Å². The number of carbonyl (C=O) groups is 1. The highest BCUT2D eigenvalue weighted by atomic mass is 32.1. The van der Waals surface area contributed by atoms with Crippen LogP contribution in [0.25, 0.3) is 0 Å². The summed E-state index contributed by atoms with van der Waals surface area (Å²) >= 11 is 1.19. The van der Waals surface area contributed by atoms with E-state index in [2.05, 4.69) is 5.32 Å². The fourth-order valence-electron chi connectivity index (χ4n) is 1.86. The molecule has 19 heavy (non-hydrogen) atoms. The van der Waals surface area contributed by atoms with Crippen LogP contribution in [0.1, 0.15) is 26.5 Å². The van der Waals surface area contributed by atoms with Crippen LogP contribution in [0.5, 0.6) is 0 Å². The predicted molar refractivity (Wildman–Crippen MR) is 76.6 cm³/mol. The lowest BCUT2D eigenvalue weighted by atomic mass is 9.87. The number of thiazole rings is 1. The van der Waals surface area contributed by atoms with Gasteiger partial charge in [0.2, 0.25) is 0 Å². The van der Waals surface area contributed by atoms with Crippen molar-refractivity contribution in [1.29, 1.82) is 0 Å². The maximum absolute atomic E-state index is 11.7. The van der Waals surface area contributed by atoms with Crippen molar-refractivity contribution in [2.24, 2.45) is 5.41 Å². The number of hydrogen-bond donors (Lipinski definition) is 1. The topological polar surface area (TPSA) is 60.3 Å². The lowest BCUT2D eigenvalue weighted by Crippen LogP contribution is -2.48. The third kappa shape index (κ3) is 4.18. The molecule has 0 saturated carbocycles. The summed E-state index contributed by atoms with van der Waals surface area (Å²) in [6.07, 6.45) is 0. The monoisotopic (exact) mass is 286 g/mol. The molecule has 5 nitrogen and oxygen atoms in total. The molecule has 1 rings (SSSR count). The van der Waals surface area contributed by atoms with Crippen molar-refractivity contribution in [2.75, 3.05) is 13.7 Å². The normalized spacial score (nSPS) is 13.3. The van der Waals surface area contributed by atoms with Crippen LogP contribution >= 0.6 is 11.3 Å². The van der Waals surface area contributed by atoms with Gasteiger partial charge in [-0.25, -0.2) is 0 Å². The maximum atomic E-state index is 11.7. The second-order valence-electron chi connectivity index (χ2n) is 5.57. The van der Waals surface area contributed by atoms with Crippen molar-refractivity contribution in [2.45, 2.75) is 40.3 Å². The predicted octanol–water partition coefficient (Wildman–Crippen LogP) is 1.40. The van der Waals surface area contributed by atoms with Crippen LogP contribution in [0.3, 0.4) is 0 Å². The van der Waals surface area contributed by atoms with Crippen LogP contribution in [-0.4, -0.2) is 30.2 Å². The molecule has 0 fully saturated rings. The molecule has 0 aliphatic heterocycles. The average Bonchev–Trinajstić information content (AvgIpc) is 2.63. The van der Waals surface area contributed by atoms with E-state index in [9.17, 15) is 9.59 Å². The Labute approximate surface area is 117 Å². The Balaban J connectivity index is 2.64. The summed E-state index contributed by atoms with van der Waals surface area (Å²) in [5, 5.41) is 5.01. The highest BCUT2D eigenvalue weighted by Crippen LogP contribution is 2.20. The molecule has 0 aromatic carbocycles. The maximum Gasteiger partial charge on any atom is 0.323 e. The number of ether oxygens (including phenoxy) is 1. The third-order valence-electron chi connectivity index (χ3n) is 2.96. The van der Waals surface area contributed by atoms with E-state index in [0.29, 0.717) is 13.1 Å². The van der Waals surface area contributed by atoms with Crippen molar-refractivity contribution in [1.82, 2.24) is 9.88 Å². The minimum absolute atomic E-state index is 0.0321. The highest BCUT2D eigenvalue weighted by Gasteiger charge is 2.31. The second kappa shape index (κ2) is 6.34. The van der Waals surface area contributed by atoms with E-state index in [1.807, 2.05) is 33.1 Å². The Kier molecular flexibility index (Phi) is 5.31. The largest absolute Gasteiger partial charge is 0.468 e. The van der Waals surface area contributed by atoms with Gasteiger partial charge in [0, 0.05) is 24.2 Å². The first-order valence-electron chi connectivity index (χ1n) is 6.23. The Hall–Kier alpha value is -1.14. The number of aromatic nitrogens is 1. The molecular formula is C13H22N2O3S. The Morgan fingerprint density at radius 1 is 1.53 bits per heavy atom. The van der Waals surface area contributed by atoms with Crippen LogP contribution in [0, 0.1) is 12.3 Å². The van der Waals surface area contributed by atoms with Crippen molar-refractivity contribution in [3.63, 3.8) is 0 Å². The lowest BCUT2D eigenvalue weighted by molar-refractivity contribution is -0.146. The zero-order valence-electron chi connectivity index (χ0n) is 12.1. The standard InChI is InChI=1S/C13H22N2O3S/c1-9-8-19-12(17)15(9)7-6-14-10(11(16)18-5)13(2,3)4/h8,10,14H,6-7H2,1-5H3. The number of carbonyl (C=O) groups excluding carboxylic acids is 1. The van der Waals surface area contributed by atoms with Gasteiger partial charge < -0.3 is 14.6 Å². The fraction of sp³-hybridized carbons (Fsp3) is 0.692. The summed E-state index contributed by atoms with van der Waals surface area (Å²) in [6, 6.07) is -0.382. The first kappa shape index (κ1) is 15.9. The Bertz CT molecular complexity index is 485. The number of nitrogens with zero attached hydrogens (tertiary/aromatic N) is 1. The molecule has 0 aliphatic rings. The third-order valence-corrected chi connectivity index (χ3v) is 3.84. The van der Waals surface area contributed by atoms with Gasteiger partial charge in [0.25, 0.3) is 0 Å². The van der Waals surface area contributed by atoms with Gasteiger partial charge in [-0.1, -0.05) is 32.1 Å². The summed E-state index contributed by atoms with van der Waals surface area (Å²) in [4.78, 5) is 23.3. The van der Waals surface area contributed by atoms with Crippen molar-refractivity contribution >= 4 is 17.3 Å². The molecule has 108 valence electrons. The molecule has 0 bridgehead atoms. The second-order valence-corrected chi connectivity index (χ2v) is 6.39. The van der Waals surface area contributed by atoms with Gasteiger partial charge >= 0.3 is 10.8 Å². The quantitative estimate of drug-likeness (QED) is 0.831. The molecule has 6 heteroatoms.